The van der Waals surface area contributed by atoms with E-state index in [0.29, 0.717) is 49.4 Å². The van der Waals surface area contributed by atoms with Gasteiger partial charge in [0.15, 0.2) is 5.76 Å². The van der Waals surface area contributed by atoms with E-state index < -0.39 is 0 Å². The van der Waals surface area contributed by atoms with Crippen molar-refractivity contribution in [3.05, 3.63) is 42.1 Å². The van der Waals surface area contributed by atoms with Crippen LogP contribution in [0.4, 0.5) is 5.95 Å². The van der Waals surface area contributed by atoms with Gasteiger partial charge in [0.2, 0.25) is 5.95 Å². The van der Waals surface area contributed by atoms with Crippen molar-refractivity contribution in [1.29, 1.82) is 0 Å². The zero-order valence-corrected chi connectivity index (χ0v) is 15.0. The lowest BCUT2D eigenvalue weighted by atomic mass is 10.2. The number of aromatic nitrogens is 2. The van der Waals surface area contributed by atoms with Gasteiger partial charge in [-0.2, -0.15) is 0 Å². The van der Waals surface area contributed by atoms with Crippen molar-refractivity contribution in [2.75, 3.05) is 38.0 Å². The maximum Gasteiger partial charge on any atom is 0.289 e. The second kappa shape index (κ2) is 7.99. The van der Waals surface area contributed by atoms with E-state index in [0.717, 1.165) is 6.54 Å². The Morgan fingerprint density at radius 1 is 1.12 bits per heavy atom. The molecule has 0 aliphatic carbocycles. The van der Waals surface area contributed by atoms with Crippen molar-refractivity contribution in [3.8, 4) is 0 Å². The molecule has 2 aromatic rings. The molecule has 0 saturated carbocycles. The lowest BCUT2D eigenvalue weighted by Gasteiger charge is -2.34. The average molecular weight is 357 g/mol. The Morgan fingerprint density at radius 2 is 1.73 bits per heavy atom. The summed E-state index contributed by atoms with van der Waals surface area (Å²) >= 11 is 0. The number of hydrogen-bond donors (Lipinski definition) is 1. The molecule has 26 heavy (non-hydrogen) atoms. The van der Waals surface area contributed by atoms with Gasteiger partial charge >= 0.3 is 0 Å². The lowest BCUT2D eigenvalue weighted by molar-refractivity contribution is 0.0517. The summed E-state index contributed by atoms with van der Waals surface area (Å²) in [6, 6.07) is 3.33. The fourth-order valence-electron chi connectivity index (χ4n) is 2.68. The van der Waals surface area contributed by atoms with Crippen LogP contribution in [-0.4, -0.2) is 64.3 Å². The van der Waals surface area contributed by atoms with Crippen molar-refractivity contribution >= 4 is 17.8 Å². The number of nitrogens with zero attached hydrogens (tertiary/aromatic N) is 4. The number of carbonyl (C=O) groups excluding carboxylic acids is 2. The Kier molecular flexibility index (Phi) is 5.50. The van der Waals surface area contributed by atoms with E-state index in [4.69, 9.17) is 4.42 Å². The highest BCUT2D eigenvalue weighted by Crippen LogP contribution is 2.12. The van der Waals surface area contributed by atoms with Crippen molar-refractivity contribution in [2.45, 2.75) is 13.8 Å². The molecular formula is C18H23N5O3. The number of piperazine rings is 1. The van der Waals surface area contributed by atoms with Crippen LogP contribution in [0.1, 0.15) is 34.8 Å². The molecule has 0 radical (unpaired) electrons. The van der Waals surface area contributed by atoms with Gasteiger partial charge in [0.25, 0.3) is 11.8 Å². The molecule has 8 heteroatoms. The summed E-state index contributed by atoms with van der Waals surface area (Å²) in [5.74, 6) is 1.06. The maximum atomic E-state index is 12.6. The molecule has 2 aromatic heterocycles. The monoisotopic (exact) mass is 357 g/mol. The summed E-state index contributed by atoms with van der Waals surface area (Å²) < 4.78 is 5.14. The Balaban J connectivity index is 1.54. The van der Waals surface area contributed by atoms with Gasteiger partial charge in [0, 0.05) is 45.1 Å². The van der Waals surface area contributed by atoms with Crippen LogP contribution in [0.5, 0.6) is 0 Å². The summed E-state index contributed by atoms with van der Waals surface area (Å²) in [4.78, 5) is 36.6. The van der Waals surface area contributed by atoms with Crippen LogP contribution in [0.25, 0.3) is 0 Å². The summed E-state index contributed by atoms with van der Waals surface area (Å²) in [5.41, 5.74) is 0.450. The highest BCUT2D eigenvalue weighted by atomic mass is 16.3. The molecule has 0 aromatic carbocycles. The average Bonchev–Trinajstić information content (AvgIpc) is 3.20. The first-order valence-electron chi connectivity index (χ1n) is 8.72. The van der Waals surface area contributed by atoms with E-state index in [2.05, 4.69) is 29.1 Å². The summed E-state index contributed by atoms with van der Waals surface area (Å²) in [6.45, 7) is 6.86. The molecule has 0 unspecified atom stereocenters. The Morgan fingerprint density at radius 3 is 2.27 bits per heavy atom. The summed E-state index contributed by atoms with van der Waals surface area (Å²) in [5, 5.41) is 3.12. The molecule has 1 fully saturated rings. The number of nitrogens with one attached hydrogen (secondary N) is 1. The molecule has 1 saturated heterocycles. The number of amides is 2. The molecule has 8 nitrogen and oxygen atoms in total. The highest BCUT2D eigenvalue weighted by Gasteiger charge is 2.26. The number of anilines is 1. The summed E-state index contributed by atoms with van der Waals surface area (Å²) in [7, 11) is 0. The van der Waals surface area contributed by atoms with Gasteiger partial charge in [-0.15, -0.1) is 0 Å². The number of rotatable bonds is 5. The van der Waals surface area contributed by atoms with Crippen molar-refractivity contribution in [3.63, 3.8) is 0 Å². The SMILES string of the molecule is CC(C)CNc1ncc(C(=O)N2CCN(C(=O)c3ccco3)CC2)cn1. The van der Waals surface area contributed by atoms with E-state index in [-0.39, 0.29) is 11.8 Å². The number of furan rings is 1. The minimum Gasteiger partial charge on any atom is -0.459 e. The van der Waals surface area contributed by atoms with Gasteiger partial charge in [0.05, 0.1) is 11.8 Å². The second-order valence-electron chi connectivity index (χ2n) is 6.63. The third kappa shape index (κ3) is 4.19. The van der Waals surface area contributed by atoms with Crippen LogP contribution in [0.2, 0.25) is 0 Å². The third-order valence-corrected chi connectivity index (χ3v) is 4.15. The zero-order chi connectivity index (χ0) is 18.5. The Hall–Kier alpha value is -2.90. The quantitative estimate of drug-likeness (QED) is 0.876. The van der Waals surface area contributed by atoms with E-state index in [1.54, 1.807) is 34.3 Å². The van der Waals surface area contributed by atoms with Gasteiger partial charge in [0.1, 0.15) is 0 Å². The Bertz CT molecular complexity index is 735. The van der Waals surface area contributed by atoms with Gasteiger partial charge < -0.3 is 19.5 Å². The van der Waals surface area contributed by atoms with Crippen LogP contribution in [0.3, 0.4) is 0 Å². The van der Waals surface area contributed by atoms with E-state index in [1.165, 1.54) is 6.26 Å². The first kappa shape index (κ1) is 17.9. The number of carbonyl (C=O) groups is 2. The van der Waals surface area contributed by atoms with Crippen LogP contribution < -0.4 is 5.32 Å². The van der Waals surface area contributed by atoms with E-state index in [1.807, 2.05) is 0 Å². The first-order valence-corrected chi connectivity index (χ1v) is 8.72. The molecule has 1 aliphatic rings. The zero-order valence-electron chi connectivity index (χ0n) is 15.0. The molecule has 138 valence electrons. The fraction of sp³-hybridized carbons (Fsp3) is 0.444. The molecular weight excluding hydrogens is 334 g/mol. The molecule has 1 N–H and O–H groups in total. The predicted molar refractivity (Wildman–Crippen MR) is 95.9 cm³/mol. The topological polar surface area (TPSA) is 91.6 Å². The van der Waals surface area contributed by atoms with Crippen LogP contribution in [-0.2, 0) is 0 Å². The molecule has 2 amide bonds. The van der Waals surface area contributed by atoms with Crippen molar-refractivity contribution in [2.24, 2.45) is 5.92 Å². The van der Waals surface area contributed by atoms with E-state index in [9.17, 15) is 9.59 Å². The Labute approximate surface area is 152 Å². The fourth-order valence-corrected chi connectivity index (χ4v) is 2.68. The van der Waals surface area contributed by atoms with Gasteiger partial charge in [-0.1, -0.05) is 13.8 Å². The largest absolute Gasteiger partial charge is 0.459 e. The van der Waals surface area contributed by atoms with Crippen LogP contribution >= 0.6 is 0 Å². The van der Waals surface area contributed by atoms with Crippen LogP contribution in [0, 0.1) is 5.92 Å². The molecule has 0 bridgehead atoms. The maximum absolute atomic E-state index is 12.6. The predicted octanol–water partition coefficient (Wildman–Crippen LogP) is 1.74. The van der Waals surface area contributed by atoms with Crippen molar-refractivity contribution in [1.82, 2.24) is 19.8 Å². The second-order valence-corrected chi connectivity index (χ2v) is 6.63. The number of hydrogen-bond acceptors (Lipinski definition) is 6. The minimum atomic E-state index is -0.147. The summed E-state index contributed by atoms with van der Waals surface area (Å²) in [6.07, 6.45) is 4.56. The van der Waals surface area contributed by atoms with Gasteiger partial charge in [-0.05, 0) is 18.1 Å². The van der Waals surface area contributed by atoms with E-state index >= 15 is 0 Å². The first-order chi connectivity index (χ1) is 12.5. The molecule has 0 spiro atoms. The smallest absolute Gasteiger partial charge is 0.289 e. The normalized spacial score (nSPS) is 14.6. The van der Waals surface area contributed by atoms with Gasteiger partial charge in [-0.3, -0.25) is 9.59 Å². The molecule has 3 heterocycles. The molecule has 0 atom stereocenters. The van der Waals surface area contributed by atoms with Crippen molar-refractivity contribution < 1.29 is 14.0 Å². The standard InChI is InChI=1S/C18H23N5O3/c1-13(2)10-19-18-20-11-14(12-21-18)16(24)22-5-7-23(8-6-22)17(25)15-4-3-9-26-15/h3-4,9,11-13H,5-8,10H2,1-2H3,(H,19,20,21). The van der Waals surface area contributed by atoms with Gasteiger partial charge in [-0.25, -0.2) is 9.97 Å². The minimum absolute atomic E-state index is 0.120. The van der Waals surface area contributed by atoms with Crippen LogP contribution in [0.15, 0.2) is 35.2 Å². The molecule has 3 rings (SSSR count). The third-order valence-electron chi connectivity index (χ3n) is 4.15. The highest BCUT2D eigenvalue weighted by molar-refractivity contribution is 5.94. The lowest BCUT2D eigenvalue weighted by Crippen LogP contribution is -2.50. The molecule has 1 aliphatic heterocycles.